The molecule has 0 bridgehead atoms. The molecule has 1 saturated heterocycles. The summed E-state index contributed by atoms with van der Waals surface area (Å²) >= 11 is 1.04. The van der Waals surface area contributed by atoms with Gasteiger partial charge in [-0.15, -0.1) is 0 Å². The molecule has 3 heterocycles. The molecule has 1 atom stereocenters. The first kappa shape index (κ1) is 21.4. The summed E-state index contributed by atoms with van der Waals surface area (Å²) in [7, 11) is 0. The fourth-order valence-corrected chi connectivity index (χ4v) is 4.59. The number of pyridine rings is 1. The molecular formula is C22H27N5O3S. The number of aromatic nitrogens is 2. The molecule has 4 rings (SSSR count). The topological polar surface area (TPSA) is 128 Å². The van der Waals surface area contributed by atoms with Crippen molar-refractivity contribution in [2.24, 2.45) is 0 Å². The van der Waals surface area contributed by atoms with Gasteiger partial charge >= 0.3 is 4.87 Å². The van der Waals surface area contributed by atoms with Gasteiger partial charge in [-0.3, -0.25) is 9.78 Å². The minimum absolute atomic E-state index is 0.0357. The molecular weight excluding hydrogens is 414 g/mol. The Bertz CT molecular complexity index is 1040. The molecule has 9 heteroatoms. The normalized spacial score (nSPS) is 15.8. The molecule has 2 aromatic heterocycles. The number of piperidine rings is 1. The van der Waals surface area contributed by atoms with E-state index in [4.69, 9.17) is 5.73 Å². The number of rotatable bonds is 7. The second-order valence-electron chi connectivity index (χ2n) is 7.83. The maximum absolute atomic E-state index is 11.3. The molecule has 0 aliphatic carbocycles. The average Bonchev–Trinajstić information content (AvgIpc) is 3.10. The van der Waals surface area contributed by atoms with Gasteiger partial charge in [-0.05, 0) is 36.6 Å². The van der Waals surface area contributed by atoms with E-state index in [2.05, 4.69) is 32.3 Å². The summed E-state index contributed by atoms with van der Waals surface area (Å²) in [4.78, 5) is 20.5. The Hall–Kier alpha value is -2.88. The number of aromatic hydroxyl groups is 1. The first-order chi connectivity index (χ1) is 15.0. The summed E-state index contributed by atoms with van der Waals surface area (Å²) in [5.74, 6) is 0.413. The van der Waals surface area contributed by atoms with Crippen LogP contribution in [-0.4, -0.2) is 45.9 Å². The van der Waals surface area contributed by atoms with Gasteiger partial charge in [0.2, 0.25) is 5.88 Å². The van der Waals surface area contributed by atoms with Crippen molar-refractivity contribution in [2.45, 2.75) is 31.4 Å². The van der Waals surface area contributed by atoms with Crippen molar-refractivity contribution in [3.63, 3.8) is 0 Å². The van der Waals surface area contributed by atoms with E-state index in [1.807, 2.05) is 12.1 Å². The van der Waals surface area contributed by atoms with Crippen molar-refractivity contribution in [1.82, 2.24) is 15.3 Å². The zero-order valence-electron chi connectivity index (χ0n) is 17.1. The van der Waals surface area contributed by atoms with Crippen LogP contribution < -0.4 is 20.8 Å². The fraction of sp³-hybridized carbons (Fsp3) is 0.364. The number of hydrogen-bond acceptors (Lipinski definition) is 8. The van der Waals surface area contributed by atoms with Crippen LogP contribution in [0.3, 0.4) is 0 Å². The van der Waals surface area contributed by atoms with Crippen LogP contribution in [0.15, 0.2) is 47.4 Å². The monoisotopic (exact) mass is 441 g/mol. The van der Waals surface area contributed by atoms with Crippen molar-refractivity contribution in [1.29, 1.82) is 0 Å². The molecule has 1 fully saturated rings. The first-order valence-electron chi connectivity index (χ1n) is 10.4. The van der Waals surface area contributed by atoms with Crippen molar-refractivity contribution >= 4 is 22.8 Å². The van der Waals surface area contributed by atoms with Crippen LogP contribution in [0.2, 0.25) is 0 Å². The van der Waals surface area contributed by atoms with Crippen molar-refractivity contribution in [3.8, 4) is 5.88 Å². The Balaban J connectivity index is 1.25. The van der Waals surface area contributed by atoms with E-state index in [0.717, 1.165) is 48.4 Å². The SMILES string of the molecule is Nc1ccc([C@H](O)CNC2CCN(c3ccc(Cc4sc(=O)[nH]c4O)cc3)CC2)cn1. The minimum atomic E-state index is -0.600. The fourth-order valence-electron chi connectivity index (χ4n) is 3.83. The van der Waals surface area contributed by atoms with Gasteiger partial charge in [-0.25, -0.2) is 4.98 Å². The number of nitrogens with one attached hydrogen (secondary N) is 2. The molecule has 1 aliphatic heterocycles. The molecule has 8 nitrogen and oxygen atoms in total. The Morgan fingerprint density at radius 3 is 2.58 bits per heavy atom. The number of nitrogens with two attached hydrogens (primary N) is 1. The second kappa shape index (κ2) is 9.51. The summed E-state index contributed by atoms with van der Waals surface area (Å²) in [5.41, 5.74) is 8.58. The molecule has 0 spiro atoms. The number of aliphatic hydroxyl groups excluding tert-OH is 1. The quantitative estimate of drug-likeness (QED) is 0.379. The summed E-state index contributed by atoms with van der Waals surface area (Å²) in [6, 6.07) is 12.1. The smallest absolute Gasteiger partial charge is 0.307 e. The van der Waals surface area contributed by atoms with Gasteiger partial charge in [-0.2, -0.15) is 0 Å². The molecule has 0 amide bonds. The van der Waals surface area contributed by atoms with E-state index in [1.54, 1.807) is 18.3 Å². The Kier molecular flexibility index (Phi) is 6.55. The third-order valence-electron chi connectivity index (χ3n) is 5.66. The number of H-pyrrole nitrogens is 1. The number of nitrogen functional groups attached to an aromatic ring is 1. The summed E-state index contributed by atoms with van der Waals surface area (Å²) in [5, 5.41) is 23.5. The van der Waals surface area contributed by atoms with Crippen molar-refractivity contribution in [3.05, 3.63) is 68.3 Å². The highest BCUT2D eigenvalue weighted by Crippen LogP contribution is 2.24. The van der Waals surface area contributed by atoms with Crippen LogP contribution in [0.5, 0.6) is 5.88 Å². The van der Waals surface area contributed by atoms with E-state index >= 15 is 0 Å². The second-order valence-corrected chi connectivity index (χ2v) is 8.90. The van der Waals surface area contributed by atoms with Crippen LogP contribution in [0.25, 0.3) is 0 Å². The van der Waals surface area contributed by atoms with Gasteiger partial charge < -0.3 is 26.2 Å². The predicted octanol–water partition coefficient (Wildman–Crippen LogP) is 2.00. The maximum Gasteiger partial charge on any atom is 0.307 e. The zero-order valence-corrected chi connectivity index (χ0v) is 17.9. The molecule has 164 valence electrons. The van der Waals surface area contributed by atoms with Gasteiger partial charge in [-0.1, -0.05) is 29.5 Å². The number of thiazole rings is 1. The summed E-state index contributed by atoms with van der Waals surface area (Å²) < 4.78 is 0. The molecule has 1 aliphatic rings. The van der Waals surface area contributed by atoms with E-state index in [-0.39, 0.29) is 10.8 Å². The lowest BCUT2D eigenvalue weighted by Gasteiger charge is -2.34. The molecule has 0 saturated carbocycles. The predicted molar refractivity (Wildman–Crippen MR) is 123 cm³/mol. The highest BCUT2D eigenvalue weighted by atomic mass is 32.1. The van der Waals surface area contributed by atoms with E-state index < -0.39 is 6.10 Å². The molecule has 0 unspecified atom stereocenters. The van der Waals surface area contributed by atoms with Gasteiger partial charge in [0.1, 0.15) is 5.82 Å². The van der Waals surface area contributed by atoms with E-state index in [0.29, 0.717) is 29.7 Å². The third-order valence-corrected chi connectivity index (χ3v) is 6.53. The van der Waals surface area contributed by atoms with Crippen molar-refractivity contribution in [2.75, 3.05) is 30.3 Å². The number of benzene rings is 1. The highest BCUT2D eigenvalue weighted by Gasteiger charge is 2.20. The number of hydrogen-bond donors (Lipinski definition) is 5. The van der Waals surface area contributed by atoms with Crippen LogP contribution in [0.4, 0.5) is 11.5 Å². The molecule has 3 aromatic rings. The molecule has 6 N–H and O–H groups in total. The number of anilines is 2. The minimum Gasteiger partial charge on any atom is -0.494 e. The first-order valence-corrected chi connectivity index (χ1v) is 11.2. The lowest BCUT2D eigenvalue weighted by Crippen LogP contribution is -2.43. The lowest BCUT2D eigenvalue weighted by atomic mass is 10.0. The van der Waals surface area contributed by atoms with Crippen LogP contribution in [-0.2, 0) is 6.42 Å². The number of aromatic amines is 1. The largest absolute Gasteiger partial charge is 0.494 e. The average molecular weight is 442 g/mol. The van der Waals surface area contributed by atoms with Crippen molar-refractivity contribution < 1.29 is 10.2 Å². The molecule has 0 radical (unpaired) electrons. The van der Waals surface area contributed by atoms with E-state index in [9.17, 15) is 15.0 Å². The maximum atomic E-state index is 11.3. The Morgan fingerprint density at radius 2 is 1.97 bits per heavy atom. The Morgan fingerprint density at radius 1 is 1.23 bits per heavy atom. The van der Waals surface area contributed by atoms with Gasteiger partial charge in [0, 0.05) is 49.5 Å². The molecule has 31 heavy (non-hydrogen) atoms. The molecule has 1 aromatic carbocycles. The summed E-state index contributed by atoms with van der Waals surface area (Å²) in [6.45, 7) is 2.37. The highest BCUT2D eigenvalue weighted by molar-refractivity contribution is 7.09. The number of aliphatic hydroxyl groups is 1. The zero-order chi connectivity index (χ0) is 21.8. The van der Waals surface area contributed by atoms with Crippen LogP contribution >= 0.6 is 11.3 Å². The van der Waals surface area contributed by atoms with Gasteiger partial charge in [0.25, 0.3) is 0 Å². The third kappa shape index (κ3) is 5.43. The number of nitrogens with zero attached hydrogens (tertiary/aromatic N) is 2. The Labute approximate surface area is 184 Å². The van der Waals surface area contributed by atoms with Gasteiger partial charge in [0.15, 0.2) is 0 Å². The van der Waals surface area contributed by atoms with Gasteiger partial charge in [0.05, 0.1) is 11.0 Å². The van der Waals surface area contributed by atoms with Crippen LogP contribution in [0, 0.1) is 0 Å². The standard InChI is InChI=1S/C22H27N5O3S/c23-20-6-3-15(12-25-20)18(28)13-24-16-7-9-27(10-8-16)17-4-1-14(2-5-17)11-19-21(29)26-22(30)31-19/h1-6,12,16,18,24,28-29H,7-11,13H2,(H2,23,25)(H,26,30)/t18-/m1/s1. The van der Waals surface area contributed by atoms with E-state index in [1.165, 1.54) is 5.69 Å². The lowest BCUT2D eigenvalue weighted by molar-refractivity contribution is 0.167. The van der Waals surface area contributed by atoms with Crippen LogP contribution in [0.1, 0.15) is 34.9 Å². The summed E-state index contributed by atoms with van der Waals surface area (Å²) in [6.07, 6.45) is 3.55.